The molecule has 1 unspecified atom stereocenters. The zero-order valence-corrected chi connectivity index (χ0v) is 17.4. The maximum absolute atomic E-state index is 5.54. The van der Waals surface area contributed by atoms with Crippen LogP contribution in [0.25, 0.3) is 11.4 Å². The predicted octanol–water partition coefficient (Wildman–Crippen LogP) is 5.48. The Morgan fingerprint density at radius 1 is 1.15 bits per heavy atom. The zero-order valence-electron chi connectivity index (χ0n) is 15.9. The normalized spacial score (nSPS) is 12.3. The Morgan fingerprint density at radius 2 is 1.89 bits per heavy atom. The van der Waals surface area contributed by atoms with Gasteiger partial charge < -0.3 is 9.26 Å². The summed E-state index contributed by atoms with van der Waals surface area (Å²) in [5.74, 6) is 1.88. The summed E-state index contributed by atoms with van der Waals surface area (Å²) in [7, 11) is 1.64. The topological polar surface area (TPSA) is 51.4 Å². The summed E-state index contributed by atoms with van der Waals surface area (Å²) in [5.41, 5.74) is 2.08. The molecule has 0 amide bonds. The van der Waals surface area contributed by atoms with Gasteiger partial charge in [0.05, 0.1) is 19.2 Å². The van der Waals surface area contributed by atoms with Crippen LogP contribution in [-0.4, -0.2) is 28.7 Å². The van der Waals surface area contributed by atoms with E-state index in [-0.39, 0.29) is 6.04 Å². The van der Waals surface area contributed by atoms with Crippen molar-refractivity contribution in [1.29, 1.82) is 0 Å². The number of aromatic nitrogens is 2. The van der Waals surface area contributed by atoms with Gasteiger partial charge in [0.15, 0.2) is 0 Å². The highest BCUT2D eigenvalue weighted by Crippen LogP contribution is 2.30. The van der Waals surface area contributed by atoms with E-state index in [9.17, 15) is 0 Å². The van der Waals surface area contributed by atoms with E-state index in [4.69, 9.17) is 9.26 Å². The van der Waals surface area contributed by atoms with Gasteiger partial charge in [-0.2, -0.15) is 4.98 Å². The third-order valence-corrected chi connectivity index (χ3v) is 5.29. The van der Waals surface area contributed by atoms with Gasteiger partial charge in [-0.1, -0.05) is 58.3 Å². The first-order valence-electron chi connectivity index (χ1n) is 9.08. The predicted molar refractivity (Wildman–Crippen MR) is 110 cm³/mol. The molecule has 0 saturated carbocycles. The van der Waals surface area contributed by atoms with Gasteiger partial charge in [-0.05, 0) is 43.7 Å². The number of methoxy groups -OCH3 is 1. The fourth-order valence-corrected chi connectivity index (χ4v) is 3.76. The molecule has 0 saturated heterocycles. The minimum atomic E-state index is 0.224. The van der Waals surface area contributed by atoms with Gasteiger partial charge in [0.25, 0.3) is 0 Å². The molecule has 3 rings (SSSR count). The van der Waals surface area contributed by atoms with Crippen LogP contribution in [0.5, 0.6) is 5.75 Å². The summed E-state index contributed by atoms with van der Waals surface area (Å²) in [6, 6.07) is 16.2. The summed E-state index contributed by atoms with van der Waals surface area (Å²) in [6.45, 7) is 5.91. The highest BCUT2D eigenvalue weighted by Gasteiger charge is 2.21. The Kier molecular flexibility index (Phi) is 6.63. The lowest BCUT2D eigenvalue weighted by Crippen LogP contribution is -2.27. The van der Waals surface area contributed by atoms with Crippen LogP contribution in [0.3, 0.4) is 0 Å². The Balaban J connectivity index is 1.82. The molecular formula is C21H24BrN3O2. The molecule has 0 aliphatic rings. The Morgan fingerprint density at radius 3 is 2.63 bits per heavy atom. The van der Waals surface area contributed by atoms with E-state index in [0.717, 1.165) is 28.8 Å². The van der Waals surface area contributed by atoms with Gasteiger partial charge in [0.1, 0.15) is 5.75 Å². The van der Waals surface area contributed by atoms with E-state index in [1.807, 2.05) is 30.3 Å². The van der Waals surface area contributed by atoms with E-state index in [1.165, 1.54) is 5.56 Å². The molecule has 5 nitrogen and oxygen atoms in total. The third kappa shape index (κ3) is 4.57. The molecule has 0 aliphatic carbocycles. The first-order valence-corrected chi connectivity index (χ1v) is 9.87. The van der Waals surface area contributed by atoms with Crippen LogP contribution in [0, 0.1) is 0 Å². The number of hydrogen-bond acceptors (Lipinski definition) is 5. The number of hydrogen-bond donors (Lipinski definition) is 0. The number of halogens is 1. The lowest BCUT2D eigenvalue weighted by molar-refractivity contribution is 0.175. The average molecular weight is 430 g/mol. The van der Waals surface area contributed by atoms with Crippen molar-refractivity contribution in [3.8, 4) is 17.1 Å². The van der Waals surface area contributed by atoms with E-state index in [0.29, 0.717) is 18.3 Å². The van der Waals surface area contributed by atoms with Gasteiger partial charge in [-0.3, -0.25) is 4.90 Å². The van der Waals surface area contributed by atoms with E-state index < -0.39 is 0 Å². The van der Waals surface area contributed by atoms with Crippen molar-refractivity contribution >= 4 is 15.9 Å². The van der Waals surface area contributed by atoms with Gasteiger partial charge in [0, 0.05) is 10.5 Å². The minimum absolute atomic E-state index is 0.224. The lowest BCUT2D eigenvalue weighted by Gasteiger charge is -2.28. The monoisotopic (exact) mass is 429 g/mol. The average Bonchev–Trinajstić information content (AvgIpc) is 3.16. The molecule has 0 aliphatic heterocycles. The summed E-state index contributed by atoms with van der Waals surface area (Å²) in [4.78, 5) is 6.95. The van der Waals surface area contributed by atoms with Crippen molar-refractivity contribution in [1.82, 2.24) is 15.0 Å². The fraction of sp³-hybridized carbons (Fsp3) is 0.333. The first-order chi connectivity index (χ1) is 13.1. The molecule has 2 aromatic carbocycles. The SMILES string of the molecule is CCCN(Cc1nc(-c2ccccc2OC)no1)C(C)c1ccccc1Br. The molecule has 1 atom stereocenters. The molecule has 3 aromatic rings. The number of para-hydroxylation sites is 1. The van der Waals surface area contributed by atoms with Crippen LogP contribution in [-0.2, 0) is 6.54 Å². The Labute approximate surface area is 168 Å². The van der Waals surface area contributed by atoms with Crippen LogP contribution in [0.1, 0.15) is 37.8 Å². The van der Waals surface area contributed by atoms with Crippen LogP contribution >= 0.6 is 15.9 Å². The van der Waals surface area contributed by atoms with Crippen molar-refractivity contribution in [2.45, 2.75) is 32.9 Å². The largest absolute Gasteiger partial charge is 0.496 e. The number of ether oxygens (including phenoxy) is 1. The fourth-order valence-electron chi connectivity index (χ4n) is 3.14. The van der Waals surface area contributed by atoms with Crippen molar-refractivity contribution in [2.75, 3.05) is 13.7 Å². The highest BCUT2D eigenvalue weighted by atomic mass is 79.9. The third-order valence-electron chi connectivity index (χ3n) is 4.57. The molecule has 0 N–H and O–H groups in total. The second kappa shape index (κ2) is 9.15. The van der Waals surface area contributed by atoms with Crippen LogP contribution in [0.15, 0.2) is 57.5 Å². The molecule has 1 aromatic heterocycles. The lowest BCUT2D eigenvalue weighted by atomic mass is 10.1. The van der Waals surface area contributed by atoms with Gasteiger partial charge >= 0.3 is 0 Å². The summed E-state index contributed by atoms with van der Waals surface area (Å²) in [6.07, 6.45) is 1.04. The summed E-state index contributed by atoms with van der Waals surface area (Å²) in [5, 5.41) is 4.16. The van der Waals surface area contributed by atoms with Crippen LogP contribution in [0.4, 0.5) is 0 Å². The first kappa shape index (κ1) is 19.6. The van der Waals surface area contributed by atoms with Gasteiger partial charge in [-0.15, -0.1) is 0 Å². The molecule has 0 spiro atoms. The van der Waals surface area contributed by atoms with E-state index >= 15 is 0 Å². The van der Waals surface area contributed by atoms with Crippen molar-refractivity contribution in [3.63, 3.8) is 0 Å². The van der Waals surface area contributed by atoms with Crippen LogP contribution in [0.2, 0.25) is 0 Å². The zero-order chi connectivity index (χ0) is 19.2. The van der Waals surface area contributed by atoms with E-state index in [2.05, 4.69) is 63.0 Å². The Hall–Kier alpha value is -2.18. The summed E-state index contributed by atoms with van der Waals surface area (Å²) < 4.78 is 12.1. The number of nitrogens with zero attached hydrogens (tertiary/aromatic N) is 3. The van der Waals surface area contributed by atoms with Crippen molar-refractivity contribution < 1.29 is 9.26 Å². The molecule has 0 fully saturated rings. The number of rotatable bonds is 8. The van der Waals surface area contributed by atoms with Crippen LogP contribution < -0.4 is 4.74 Å². The maximum Gasteiger partial charge on any atom is 0.241 e. The Bertz CT molecular complexity index is 881. The molecular weight excluding hydrogens is 406 g/mol. The maximum atomic E-state index is 5.54. The summed E-state index contributed by atoms with van der Waals surface area (Å²) >= 11 is 3.66. The molecule has 1 heterocycles. The number of benzene rings is 2. The van der Waals surface area contributed by atoms with Gasteiger partial charge in [0.2, 0.25) is 11.7 Å². The molecule has 0 bridgehead atoms. The van der Waals surface area contributed by atoms with E-state index in [1.54, 1.807) is 7.11 Å². The molecule has 142 valence electrons. The smallest absolute Gasteiger partial charge is 0.241 e. The van der Waals surface area contributed by atoms with Gasteiger partial charge in [-0.25, -0.2) is 0 Å². The van der Waals surface area contributed by atoms with Crippen molar-refractivity contribution in [3.05, 3.63) is 64.5 Å². The molecule has 6 heteroatoms. The quantitative estimate of drug-likeness (QED) is 0.474. The minimum Gasteiger partial charge on any atom is -0.496 e. The molecule has 0 radical (unpaired) electrons. The second-order valence-electron chi connectivity index (χ2n) is 6.38. The highest BCUT2D eigenvalue weighted by molar-refractivity contribution is 9.10. The standard InChI is InChI=1S/C21H24BrN3O2/c1-4-13-25(15(2)16-9-5-7-11-18(16)22)14-20-23-21(24-27-20)17-10-6-8-12-19(17)26-3/h5-12,15H,4,13-14H2,1-3H3. The molecule has 27 heavy (non-hydrogen) atoms. The van der Waals surface area contributed by atoms with Crippen molar-refractivity contribution in [2.24, 2.45) is 0 Å². The second-order valence-corrected chi connectivity index (χ2v) is 7.23.